The lowest BCUT2D eigenvalue weighted by atomic mass is 9.68. The largest absolute Gasteiger partial charge is 0.236 e. The summed E-state index contributed by atoms with van der Waals surface area (Å²) in [7, 11) is 0. The number of halogens is 1. The second kappa shape index (κ2) is 11.3. The van der Waals surface area contributed by atoms with Crippen LogP contribution in [-0.4, -0.2) is 9.97 Å². The molecule has 2 saturated carbocycles. The van der Waals surface area contributed by atoms with Crippen molar-refractivity contribution in [3.63, 3.8) is 0 Å². The molecule has 0 unspecified atom stereocenters. The molecule has 0 aliphatic heterocycles. The molecule has 31 heavy (non-hydrogen) atoms. The summed E-state index contributed by atoms with van der Waals surface area (Å²) in [4.78, 5) is 9.16. The predicted molar refractivity (Wildman–Crippen MR) is 131 cm³/mol. The highest BCUT2D eigenvalue weighted by molar-refractivity contribution is 6.30. The number of rotatable bonds is 8. The van der Waals surface area contributed by atoms with Gasteiger partial charge in [0.2, 0.25) is 0 Å². The van der Waals surface area contributed by atoms with Crippen molar-refractivity contribution < 1.29 is 0 Å². The highest BCUT2D eigenvalue weighted by Gasteiger charge is 2.30. The van der Waals surface area contributed by atoms with Gasteiger partial charge in [-0.1, -0.05) is 43.4 Å². The number of hydrogen-bond acceptors (Lipinski definition) is 2. The van der Waals surface area contributed by atoms with Crippen molar-refractivity contribution in [3.05, 3.63) is 59.9 Å². The van der Waals surface area contributed by atoms with E-state index in [-0.39, 0.29) is 0 Å². The van der Waals surface area contributed by atoms with E-state index in [0.29, 0.717) is 0 Å². The lowest BCUT2D eigenvalue weighted by molar-refractivity contribution is 0.141. The maximum atomic E-state index is 5.97. The Labute approximate surface area is 193 Å². The molecule has 0 radical (unpaired) electrons. The van der Waals surface area contributed by atoms with Gasteiger partial charge in [0.05, 0.1) is 0 Å². The van der Waals surface area contributed by atoms with E-state index >= 15 is 0 Å². The van der Waals surface area contributed by atoms with Crippen molar-refractivity contribution in [2.45, 2.75) is 77.0 Å². The fourth-order valence-electron chi connectivity index (χ4n) is 5.85. The number of benzene rings is 1. The van der Waals surface area contributed by atoms with Crippen LogP contribution in [0, 0.1) is 23.7 Å². The average molecular weight is 437 g/mol. The number of aryl methyl sites for hydroxylation is 1. The Bertz CT molecular complexity index is 798. The molecule has 1 aromatic carbocycles. The molecule has 2 fully saturated rings. The summed E-state index contributed by atoms with van der Waals surface area (Å²) in [5.41, 5.74) is 2.28. The Morgan fingerprint density at radius 3 is 1.90 bits per heavy atom. The van der Waals surface area contributed by atoms with E-state index in [1.54, 1.807) is 0 Å². The summed E-state index contributed by atoms with van der Waals surface area (Å²) < 4.78 is 0. The molecule has 0 saturated heterocycles. The molecule has 1 heterocycles. The van der Waals surface area contributed by atoms with Gasteiger partial charge in [0.1, 0.15) is 0 Å². The molecule has 0 bridgehead atoms. The van der Waals surface area contributed by atoms with Gasteiger partial charge in [-0.15, -0.1) is 6.58 Å². The first-order chi connectivity index (χ1) is 15.2. The smallest absolute Gasteiger partial charge is 0.159 e. The van der Waals surface area contributed by atoms with Crippen LogP contribution in [0.3, 0.4) is 0 Å². The van der Waals surface area contributed by atoms with E-state index in [0.717, 1.165) is 46.5 Å². The second-order valence-electron chi connectivity index (χ2n) is 9.89. The third kappa shape index (κ3) is 6.42. The molecule has 2 aliphatic rings. The molecule has 166 valence electrons. The summed E-state index contributed by atoms with van der Waals surface area (Å²) >= 11 is 5.97. The quantitative estimate of drug-likeness (QED) is 0.388. The van der Waals surface area contributed by atoms with Crippen LogP contribution in [0.1, 0.15) is 76.2 Å². The molecule has 2 aromatic rings. The molecule has 1 aromatic heterocycles. The molecule has 0 amide bonds. The first kappa shape index (κ1) is 22.5. The summed E-state index contributed by atoms with van der Waals surface area (Å²) in [5, 5.41) is 0.742. The number of nitrogens with zero attached hydrogens (tertiary/aromatic N) is 2. The second-order valence-corrected chi connectivity index (χ2v) is 10.3. The van der Waals surface area contributed by atoms with Crippen LogP contribution in [0.25, 0.3) is 11.4 Å². The maximum absolute atomic E-state index is 5.97. The molecule has 0 N–H and O–H groups in total. The lowest BCUT2D eigenvalue weighted by Gasteiger charge is -2.38. The van der Waals surface area contributed by atoms with Gasteiger partial charge in [0, 0.05) is 23.0 Å². The summed E-state index contributed by atoms with van der Waals surface area (Å²) in [6, 6.07) is 7.73. The van der Waals surface area contributed by atoms with Crippen LogP contribution in [0.2, 0.25) is 5.02 Å². The van der Waals surface area contributed by atoms with Gasteiger partial charge in [0.25, 0.3) is 0 Å². The Balaban J connectivity index is 1.18. The Hall–Kier alpha value is -1.67. The monoisotopic (exact) mass is 436 g/mol. The Kier molecular flexibility index (Phi) is 8.19. The van der Waals surface area contributed by atoms with Crippen molar-refractivity contribution >= 4 is 11.6 Å². The molecular formula is C28H37ClN2. The van der Waals surface area contributed by atoms with Crippen molar-refractivity contribution in [3.8, 4) is 11.4 Å². The van der Waals surface area contributed by atoms with E-state index < -0.39 is 0 Å². The zero-order valence-corrected chi connectivity index (χ0v) is 19.6. The van der Waals surface area contributed by atoms with E-state index in [4.69, 9.17) is 11.6 Å². The van der Waals surface area contributed by atoms with Gasteiger partial charge in [0.15, 0.2) is 5.82 Å². The maximum Gasteiger partial charge on any atom is 0.159 e. The molecule has 0 atom stereocenters. The summed E-state index contributed by atoms with van der Waals surface area (Å²) in [6.07, 6.45) is 22.7. The highest BCUT2D eigenvalue weighted by atomic mass is 35.5. The standard InChI is InChI=1S/C28H37ClN2/c1-2-3-4-21-7-11-24(12-8-21)25-13-9-22(10-14-25)5-6-23-19-30-28(31-20-23)26-15-17-27(29)18-16-26/h2,15-22,24-25H,1,3-14H2. The molecule has 3 heteroatoms. The summed E-state index contributed by atoms with van der Waals surface area (Å²) in [5.74, 6) is 4.64. The fraction of sp³-hybridized carbons (Fsp3) is 0.571. The zero-order valence-electron chi connectivity index (χ0n) is 18.8. The minimum atomic E-state index is 0.742. The Morgan fingerprint density at radius 1 is 0.806 bits per heavy atom. The third-order valence-corrected chi connectivity index (χ3v) is 8.13. The van der Waals surface area contributed by atoms with E-state index in [1.807, 2.05) is 36.7 Å². The van der Waals surface area contributed by atoms with Crippen molar-refractivity contribution in [2.24, 2.45) is 23.7 Å². The fourth-order valence-corrected chi connectivity index (χ4v) is 5.98. The van der Waals surface area contributed by atoms with Gasteiger partial charge in [-0.3, -0.25) is 0 Å². The van der Waals surface area contributed by atoms with Crippen LogP contribution in [0.4, 0.5) is 0 Å². The van der Waals surface area contributed by atoms with E-state index in [2.05, 4.69) is 22.6 Å². The molecule has 2 aliphatic carbocycles. The van der Waals surface area contributed by atoms with E-state index in [1.165, 1.54) is 76.2 Å². The SMILES string of the molecule is C=CCCC1CCC(C2CCC(CCc3cnc(-c4ccc(Cl)cc4)nc3)CC2)CC1. The minimum Gasteiger partial charge on any atom is -0.236 e. The van der Waals surface area contributed by atoms with Crippen molar-refractivity contribution in [2.75, 3.05) is 0 Å². The topological polar surface area (TPSA) is 25.8 Å². The zero-order chi connectivity index (χ0) is 21.5. The van der Waals surface area contributed by atoms with Crippen LogP contribution >= 0.6 is 11.6 Å². The summed E-state index contributed by atoms with van der Waals surface area (Å²) in [6.45, 7) is 3.88. The number of hydrogen-bond donors (Lipinski definition) is 0. The van der Waals surface area contributed by atoms with Crippen LogP contribution in [-0.2, 0) is 6.42 Å². The first-order valence-electron chi connectivity index (χ1n) is 12.4. The normalized spacial score (nSPS) is 26.5. The van der Waals surface area contributed by atoms with Crippen LogP contribution in [0.5, 0.6) is 0 Å². The lowest BCUT2D eigenvalue weighted by Crippen LogP contribution is -2.26. The van der Waals surface area contributed by atoms with E-state index in [9.17, 15) is 0 Å². The average Bonchev–Trinajstić information content (AvgIpc) is 2.83. The number of allylic oxidation sites excluding steroid dienone is 1. The highest BCUT2D eigenvalue weighted by Crippen LogP contribution is 2.43. The first-order valence-corrected chi connectivity index (χ1v) is 12.8. The van der Waals surface area contributed by atoms with Gasteiger partial charge in [-0.25, -0.2) is 9.97 Å². The molecule has 0 spiro atoms. The molecule has 2 nitrogen and oxygen atoms in total. The van der Waals surface area contributed by atoms with Crippen LogP contribution < -0.4 is 0 Å². The van der Waals surface area contributed by atoms with Crippen molar-refractivity contribution in [1.29, 1.82) is 0 Å². The van der Waals surface area contributed by atoms with Crippen LogP contribution in [0.15, 0.2) is 49.3 Å². The van der Waals surface area contributed by atoms with Gasteiger partial charge >= 0.3 is 0 Å². The molecule has 4 rings (SSSR count). The number of aromatic nitrogens is 2. The van der Waals surface area contributed by atoms with Gasteiger partial charge < -0.3 is 0 Å². The predicted octanol–water partition coefficient (Wildman–Crippen LogP) is 8.31. The van der Waals surface area contributed by atoms with Crippen molar-refractivity contribution in [1.82, 2.24) is 9.97 Å². The molecular weight excluding hydrogens is 400 g/mol. The minimum absolute atomic E-state index is 0.742. The van der Waals surface area contributed by atoms with Gasteiger partial charge in [-0.2, -0.15) is 0 Å². The third-order valence-electron chi connectivity index (χ3n) is 7.88. The van der Waals surface area contributed by atoms with Gasteiger partial charge in [-0.05, 0) is 105 Å². The Morgan fingerprint density at radius 2 is 1.35 bits per heavy atom.